The van der Waals surface area contributed by atoms with E-state index in [2.05, 4.69) is 9.80 Å². The van der Waals surface area contributed by atoms with E-state index >= 15 is 0 Å². The minimum absolute atomic E-state index is 0.222. The van der Waals surface area contributed by atoms with Crippen molar-refractivity contribution in [1.82, 2.24) is 9.80 Å². The molecule has 0 aromatic carbocycles. The van der Waals surface area contributed by atoms with E-state index in [0.717, 1.165) is 45.3 Å². The number of piperazine rings is 1. The summed E-state index contributed by atoms with van der Waals surface area (Å²) in [6, 6.07) is 0.559. The number of piperidine rings is 1. The summed E-state index contributed by atoms with van der Waals surface area (Å²) in [6.45, 7) is 3.94. The van der Waals surface area contributed by atoms with Crippen LogP contribution in [0.5, 0.6) is 0 Å². The van der Waals surface area contributed by atoms with Gasteiger partial charge in [-0.05, 0) is 32.2 Å². The Bertz CT molecular complexity index is 420. The number of nitrogens with two attached hydrogens (primary N) is 1. The molecule has 1 aliphatic carbocycles. The van der Waals surface area contributed by atoms with Gasteiger partial charge in [0.1, 0.15) is 0 Å². The summed E-state index contributed by atoms with van der Waals surface area (Å²) in [5.41, 5.74) is 5.48. The van der Waals surface area contributed by atoms with E-state index in [1.165, 1.54) is 32.2 Å². The third-order valence-corrected chi connectivity index (χ3v) is 6.10. The molecule has 0 spiro atoms. The SMILES string of the molecule is NC(=S)C1(C(=O)N2CCN3CCCCC3C2)CCCCC1. The monoisotopic (exact) mass is 309 g/mol. The van der Waals surface area contributed by atoms with Gasteiger partial charge in [0, 0.05) is 25.7 Å². The first-order valence-electron chi connectivity index (χ1n) is 8.47. The molecule has 1 unspecified atom stereocenters. The average Bonchev–Trinajstić information content (AvgIpc) is 2.54. The number of rotatable bonds is 2. The molecule has 0 aromatic rings. The summed E-state index contributed by atoms with van der Waals surface area (Å²) < 4.78 is 0. The number of fused-ring (bicyclic) bond motifs is 1. The molecular weight excluding hydrogens is 282 g/mol. The molecule has 0 bridgehead atoms. The van der Waals surface area contributed by atoms with Gasteiger partial charge in [0.25, 0.3) is 0 Å². The van der Waals surface area contributed by atoms with Crippen LogP contribution in [0.2, 0.25) is 0 Å². The van der Waals surface area contributed by atoms with Crippen LogP contribution >= 0.6 is 12.2 Å². The second-order valence-corrected chi connectivity index (χ2v) is 7.38. The van der Waals surface area contributed by atoms with Gasteiger partial charge in [0.2, 0.25) is 5.91 Å². The standard InChI is InChI=1S/C16H27N3OS/c17-14(21)16(7-3-1-4-8-16)15(20)19-11-10-18-9-5-2-6-13(18)12-19/h13H,1-12H2,(H2,17,21). The highest BCUT2D eigenvalue weighted by Gasteiger charge is 2.46. The van der Waals surface area contributed by atoms with Crippen molar-refractivity contribution in [3.8, 4) is 0 Å². The summed E-state index contributed by atoms with van der Waals surface area (Å²) in [5.74, 6) is 0.222. The molecule has 1 amide bonds. The number of thiocarbonyl (C=S) groups is 1. The number of carbonyl (C=O) groups is 1. The fraction of sp³-hybridized carbons (Fsp3) is 0.875. The van der Waals surface area contributed by atoms with Gasteiger partial charge in [-0.1, -0.05) is 37.9 Å². The van der Waals surface area contributed by atoms with Gasteiger partial charge in [0.05, 0.1) is 10.4 Å². The van der Waals surface area contributed by atoms with Crippen LogP contribution in [0.1, 0.15) is 51.4 Å². The molecule has 3 aliphatic rings. The van der Waals surface area contributed by atoms with Crippen molar-refractivity contribution in [2.24, 2.45) is 11.1 Å². The summed E-state index contributed by atoms with van der Waals surface area (Å²) in [6.07, 6.45) is 8.89. The number of carbonyl (C=O) groups excluding carboxylic acids is 1. The molecule has 0 radical (unpaired) electrons. The zero-order valence-corrected chi connectivity index (χ0v) is 13.7. The zero-order valence-electron chi connectivity index (χ0n) is 12.9. The molecular formula is C16H27N3OS. The van der Waals surface area contributed by atoms with Gasteiger partial charge < -0.3 is 10.6 Å². The Kier molecular flexibility index (Phi) is 4.50. The van der Waals surface area contributed by atoms with E-state index in [1.807, 2.05) is 0 Å². The Morgan fingerprint density at radius 3 is 2.52 bits per heavy atom. The minimum atomic E-state index is -0.537. The van der Waals surface area contributed by atoms with Crippen molar-refractivity contribution >= 4 is 23.1 Å². The molecule has 4 nitrogen and oxygen atoms in total. The lowest BCUT2D eigenvalue weighted by molar-refractivity contribution is -0.143. The third kappa shape index (κ3) is 2.82. The summed E-state index contributed by atoms with van der Waals surface area (Å²) >= 11 is 5.31. The predicted molar refractivity (Wildman–Crippen MR) is 88.1 cm³/mol. The highest BCUT2D eigenvalue weighted by molar-refractivity contribution is 7.80. The Hall–Kier alpha value is -0.680. The minimum Gasteiger partial charge on any atom is -0.392 e. The molecule has 3 fully saturated rings. The fourth-order valence-electron chi connectivity index (χ4n) is 4.36. The van der Waals surface area contributed by atoms with Crippen LogP contribution in [0, 0.1) is 5.41 Å². The first-order chi connectivity index (χ1) is 10.1. The van der Waals surface area contributed by atoms with Crippen LogP contribution in [0.25, 0.3) is 0 Å². The van der Waals surface area contributed by atoms with Gasteiger partial charge in [-0.3, -0.25) is 9.69 Å². The number of hydrogen-bond donors (Lipinski definition) is 1. The Labute approximate surface area is 133 Å². The quantitative estimate of drug-likeness (QED) is 0.792. The number of hydrogen-bond acceptors (Lipinski definition) is 3. The number of nitrogens with zero attached hydrogens (tertiary/aromatic N) is 2. The van der Waals surface area contributed by atoms with E-state index in [-0.39, 0.29) is 5.91 Å². The maximum atomic E-state index is 13.1. The van der Waals surface area contributed by atoms with Crippen molar-refractivity contribution < 1.29 is 4.79 Å². The van der Waals surface area contributed by atoms with Crippen LogP contribution in [0.4, 0.5) is 0 Å². The van der Waals surface area contributed by atoms with Gasteiger partial charge in [-0.15, -0.1) is 0 Å². The first kappa shape index (κ1) is 15.2. The van der Waals surface area contributed by atoms with E-state index in [4.69, 9.17) is 18.0 Å². The molecule has 2 aliphatic heterocycles. The molecule has 118 valence electrons. The average molecular weight is 309 g/mol. The van der Waals surface area contributed by atoms with Crippen LogP contribution in [0.3, 0.4) is 0 Å². The maximum Gasteiger partial charge on any atom is 0.235 e. The van der Waals surface area contributed by atoms with E-state index in [0.29, 0.717) is 11.0 Å². The largest absolute Gasteiger partial charge is 0.392 e. The third-order valence-electron chi connectivity index (χ3n) is 5.71. The van der Waals surface area contributed by atoms with Crippen LogP contribution in [0.15, 0.2) is 0 Å². The van der Waals surface area contributed by atoms with Crippen molar-refractivity contribution in [3.05, 3.63) is 0 Å². The molecule has 21 heavy (non-hydrogen) atoms. The molecule has 2 saturated heterocycles. The van der Waals surface area contributed by atoms with E-state index in [9.17, 15) is 4.79 Å². The highest BCUT2D eigenvalue weighted by Crippen LogP contribution is 2.39. The van der Waals surface area contributed by atoms with Gasteiger partial charge in [0.15, 0.2) is 0 Å². The lowest BCUT2D eigenvalue weighted by atomic mass is 9.72. The molecule has 5 heteroatoms. The molecule has 2 heterocycles. The highest BCUT2D eigenvalue weighted by atomic mass is 32.1. The van der Waals surface area contributed by atoms with E-state index in [1.54, 1.807) is 0 Å². The predicted octanol–water partition coefficient (Wildman–Crippen LogP) is 1.92. The second-order valence-electron chi connectivity index (χ2n) is 6.94. The van der Waals surface area contributed by atoms with Crippen LogP contribution in [-0.4, -0.2) is 52.9 Å². The van der Waals surface area contributed by atoms with Gasteiger partial charge in [-0.25, -0.2) is 0 Å². The Morgan fingerprint density at radius 2 is 1.81 bits per heavy atom. The first-order valence-corrected chi connectivity index (χ1v) is 8.88. The van der Waals surface area contributed by atoms with Crippen molar-refractivity contribution in [3.63, 3.8) is 0 Å². The van der Waals surface area contributed by atoms with Crippen LogP contribution < -0.4 is 5.73 Å². The molecule has 3 rings (SSSR count). The summed E-state index contributed by atoms with van der Waals surface area (Å²) in [7, 11) is 0. The maximum absolute atomic E-state index is 13.1. The fourth-order valence-corrected chi connectivity index (χ4v) is 4.66. The lowest BCUT2D eigenvalue weighted by Crippen LogP contribution is -2.60. The second kappa shape index (κ2) is 6.21. The van der Waals surface area contributed by atoms with Crippen molar-refractivity contribution in [2.45, 2.75) is 57.4 Å². The summed E-state index contributed by atoms with van der Waals surface area (Å²) in [4.78, 5) is 18.2. The van der Waals surface area contributed by atoms with Crippen molar-refractivity contribution in [1.29, 1.82) is 0 Å². The molecule has 1 saturated carbocycles. The van der Waals surface area contributed by atoms with E-state index < -0.39 is 5.41 Å². The van der Waals surface area contributed by atoms with Crippen molar-refractivity contribution in [2.75, 3.05) is 26.2 Å². The van der Waals surface area contributed by atoms with Gasteiger partial charge >= 0.3 is 0 Å². The molecule has 0 aromatic heterocycles. The molecule has 1 atom stereocenters. The summed E-state index contributed by atoms with van der Waals surface area (Å²) in [5, 5.41) is 0. The molecule has 2 N–H and O–H groups in total. The number of amides is 1. The Balaban J connectivity index is 1.72. The lowest BCUT2D eigenvalue weighted by Gasteiger charge is -2.47. The van der Waals surface area contributed by atoms with Crippen LogP contribution in [-0.2, 0) is 4.79 Å². The Morgan fingerprint density at radius 1 is 1.05 bits per heavy atom. The topological polar surface area (TPSA) is 49.6 Å². The zero-order chi connectivity index (χ0) is 14.9. The van der Waals surface area contributed by atoms with Gasteiger partial charge in [-0.2, -0.15) is 0 Å². The smallest absolute Gasteiger partial charge is 0.235 e. The normalized spacial score (nSPS) is 29.7.